The lowest BCUT2D eigenvalue weighted by Crippen LogP contribution is -2.28. The maximum Gasteiger partial charge on any atom is 0.0233 e. The molecule has 1 aromatic rings. The van der Waals surface area contributed by atoms with Crippen molar-refractivity contribution in [1.82, 2.24) is 4.90 Å². The van der Waals surface area contributed by atoms with Crippen LogP contribution in [0.25, 0.3) is 0 Å². The molecule has 17 heavy (non-hydrogen) atoms. The van der Waals surface area contributed by atoms with Crippen molar-refractivity contribution in [3.05, 3.63) is 35.4 Å². The number of hydrogen-bond acceptors (Lipinski definition) is 2. The van der Waals surface area contributed by atoms with Crippen LogP contribution in [-0.2, 0) is 12.0 Å². The number of rotatable bonds is 4. The molecule has 0 atom stereocenters. The van der Waals surface area contributed by atoms with Gasteiger partial charge in [0.05, 0.1) is 0 Å². The van der Waals surface area contributed by atoms with Gasteiger partial charge in [0, 0.05) is 18.5 Å². The summed E-state index contributed by atoms with van der Waals surface area (Å²) in [5.74, 6) is 0. The van der Waals surface area contributed by atoms with Crippen LogP contribution in [0.2, 0.25) is 0 Å². The van der Waals surface area contributed by atoms with Gasteiger partial charge < -0.3 is 5.73 Å². The fourth-order valence-corrected chi connectivity index (χ4v) is 2.38. The van der Waals surface area contributed by atoms with Crippen LogP contribution >= 0.6 is 0 Å². The predicted molar refractivity (Wildman–Crippen MR) is 73.0 cm³/mol. The molecule has 1 fully saturated rings. The third-order valence-electron chi connectivity index (χ3n) is 3.85. The average Bonchev–Trinajstić information content (AvgIpc) is 2.83. The lowest BCUT2D eigenvalue weighted by Gasteiger charge is -2.23. The van der Waals surface area contributed by atoms with Crippen LogP contribution < -0.4 is 5.73 Å². The van der Waals surface area contributed by atoms with Crippen molar-refractivity contribution in [2.75, 3.05) is 19.6 Å². The number of nitrogens with zero attached hydrogens (tertiary/aromatic N) is 1. The molecule has 0 amide bonds. The average molecular weight is 232 g/mol. The monoisotopic (exact) mass is 232 g/mol. The Morgan fingerprint density at radius 2 is 1.71 bits per heavy atom. The van der Waals surface area contributed by atoms with E-state index in [1.54, 1.807) is 0 Å². The molecule has 94 valence electrons. The minimum Gasteiger partial charge on any atom is -0.330 e. The summed E-state index contributed by atoms with van der Waals surface area (Å²) < 4.78 is 0. The molecule has 2 N–H and O–H groups in total. The molecule has 2 nitrogen and oxygen atoms in total. The Bertz CT molecular complexity index is 348. The van der Waals surface area contributed by atoms with Crippen LogP contribution in [0.1, 0.15) is 37.8 Å². The summed E-state index contributed by atoms with van der Waals surface area (Å²) in [7, 11) is 0. The van der Waals surface area contributed by atoms with Gasteiger partial charge in [-0.2, -0.15) is 0 Å². The maximum atomic E-state index is 5.80. The van der Waals surface area contributed by atoms with Crippen molar-refractivity contribution >= 4 is 0 Å². The molecule has 0 unspecified atom stereocenters. The largest absolute Gasteiger partial charge is 0.330 e. The van der Waals surface area contributed by atoms with E-state index in [9.17, 15) is 0 Å². The van der Waals surface area contributed by atoms with E-state index < -0.39 is 0 Å². The molecular weight excluding hydrogens is 208 g/mol. The van der Waals surface area contributed by atoms with Gasteiger partial charge in [-0.15, -0.1) is 0 Å². The molecule has 1 aromatic carbocycles. The first-order chi connectivity index (χ1) is 8.12. The van der Waals surface area contributed by atoms with Gasteiger partial charge in [0.15, 0.2) is 0 Å². The first kappa shape index (κ1) is 12.6. The summed E-state index contributed by atoms with van der Waals surface area (Å²) >= 11 is 0. The second kappa shape index (κ2) is 5.19. The van der Waals surface area contributed by atoms with Crippen molar-refractivity contribution in [2.45, 2.75) is 38.6 Å². The summed E-state index contributed by atoms with van der Waals surface area (Å²) in [6, 6.07) is 8.98. The minimum atomic E-state index is 0.0895. The van der Waals surface area contributed by atoms with E-state index in [0.717, 1.165) is 6.54 Å². The fraction of sp³-hybridized carbons (Fsp3) is 0.600. The quantitative estimate of drug-likeness (QED) is 0.864. The second-order valence-electron chi connectivity index (χ2n) is 5.77. The van der Waals surface area contributed by atoms with Gasteiger partial charge in [-0.3, -0.25) is 4.90 Å². The van der Waals surface area contributed by atoms with Crippen LogP contribution in [0, 0.1) is 0 Å². The van der Waals surface area contributed by atoms with E-state index in [-0.39, 0.29) is 5.41 Å². The van der Waals surface area contributed by atoms with Crippen LogP contribution in [0.4, 0.5) is 0 Å². The normalized spacial score (nSPS) is 17.6. The fourth-order valence-electron chi connectivity index (χ4n) is 2.38. The second-order valence-corrected chi connectivity index (χ2v) is 5.77. The van der Waals surface area contributed by atoms with Gasteiger partial charge in [-0.05, 0) is 37.1 Å². The number of likely N-dealkylation sites (tertiary alicyclic amines) is 1. The molecule has 0 aliphatic carbocycles. The Hall–Kier alpha value is -0.860. The molecule has 0 radical (unpaired) electrons. The summed E-state index contributed by atoms with van der Waals surface area (Å²) in [5, 5.41) is 0. The van der Waals surface area contributed by atoms with E-state index in [1.807, 2.05) is 0 Å². The lowest BCUT2D eigenvalue weighted by molar-refractivity contribution is 0.331. The third-order valence-corrected chi connectivity index (χ3v) is 3.85. The molecule has 1 aliphatic heterocycles. The summed E-state index contributed by atoms with van der Waals surface area (Å²) in [6.07, 6.45) is 2.72. The number of nitrogens with two attached hydrogens (primary N) is 1. The zero-order valence-corrected chi connectivity index (χ0v) is 11.1. The zero-order valence-electron chi connectivity index (χ0n) is 11.1. The molecule has 0 aromatic heterocycles. The van der Waals surface area contributed by atoms with Crippen LogP contribution in [0.15, 0.2) is 24.3 Å². The van der Waals surface area contributed by atoms with Crippen molar-refractivity contribution in [2.24, 2.45) is 5.73 Å². The van der Waals surface area contributed by atoms with Crippen molar-refractivity contribution < 1.29 is 0 Å². The summed E-state index contributed by atoms with van der Waals surface area (Å²) in [5.41, 5.74) is 8.65. The molecule has 1 aliphatic rings. The van der Waals surface area contributed by atoms with Crippen molar-refractivity contribution in [3.63, 3.8) is 0 Å². The predicted octanol–water partition coefficient (Wildman–Crippen LogP) is 2.52. The van der Waals surface area contributed by atoms with Crippen LogP contribution in [0.3, 0.4) is 0 Å². The van der Waals surface area contributed by atoms with Gasteiger partial charge in [-0.1, -0.05) is 38.1 Å². The van der Waals surface area contributed by atoms with E-state index in [0.29, 0.717) is 6.54 Å². The maximum absolute atomic E-state index is 5.80. The van der Waals surface area contributed by atoms with Gasteiger partial charge >= 0.3 is 0 Å². The first-order valence-electron chi connectivity index (χ1n) is 6.64. The lowest BCUT2D eigenvalue weighted by atomic mass is 9.84. The summed E-state index contributed by atoms with van der Waals surface area (Å²) in [6.45, 7) is 8.71. The third kappa shape index (κ3) is 3.08. The smallest absolute Gasteiger partial charge is 0.0233 e. The Kier molecular flexibility index (Phi) is 3.85. The Balaban J connectivity index is 2.02. The minimum absolute atomic E-state index is 0.0895. The highest BCUT2D eigenvalue weighted by Crippen LogP contribution is 2.22. The molecule has 1 saturated heterocycles. The number of benzene rings is 1. The van der Waals surface area contributed by atoms with Gasteiger partial charge in [0.1, 0.15) is 0 Å². The Labute approximate surface area is 105 Å². The highest BCUT2D eigenvalue weighted by Gasteiger charge is 2.18. The standard InChI is InChI=1S/C15H24N2/c1-15(2,12-16)14-7-5-13(6-8-14)11-17-9-3-4-10-17/h5-8H,3-4,9-12,16H2,1-2H3. The van der Waals surface area contributed by atoms with E-state index >= 15 is 0 Å². The van der Waals surface area contributed by atoms with Gasteiger partial charge in [0.25, 0.3) is 0 Å². The van der Waals surface area contributed by atoms with Crippen molar-refractivity contribution in [3.8, 4) is 0 Å². The highest BCUT2D eigenvalue weighted by atomic mass is 15.1. The van der Waals surface area contributed by atoms with Crippen molar-refractivity contribution in [1.29, 1.82) is 0 Å². The topological polar surface area (TPSA) is 29.3 Å². The van der Waals surface area contributed by atoms with E-state index in [1.165, 1.54) is 37.1 Å². The Morgan fingerprint density at radius 3 is 2.24 bits per heavy atom. The SMILES string of the molecule is CC(C)(CN)c1ccc(CN2CCCC2)cc1. The molecule has 1 heterocycles. The first-order valence-corrected chi connectivity index (χ1v) is 6.64. The van der Waals surface area contributed by atoms with E-state index in [2.05, 4.69) is 43.0 Å². The molecule has 2 heteroatoms. The number of hydrogen-bond donors (Lipinski definition) is 1. The Morgan fingerprint density at radius 1 is 1.12 bits per heavy atom. The molecule has 0 saturated carbocycles. The molecule has 0 spiro atoms. The highest BCUT2D eigenvalue weighted by molar-refractivity contribution is 5.28. The van der Waals surface area contributed by atoms with Gasteiger partial charge in [0.2, 0.25) is 0 Å². The van der Waals surface area contributed by atoms with Crippen LogP contribution in [-0.4, -0.2) is 24.5 Å². The molecular formula is C15H24N2. The van der Waals surface area contributed by atoms with Gasteiger partial charge in [-0.25, -0.2) is 0 Å². The molecule has 0 bridgehead atoms. The zero-order chi connectivity index (χ0) is 12.3. The van der Waals surface area contributed by atoms with Crippen LogP contribution in [0.5, 0.6) is 0 Å². The van der Waals surface area contributed by atoms with E-state index in [4.69, 9.17) is 5.73 Å². The summed E-state index contributed by atoms with van der Waals surface area (Å²) in [4.78, 5) is 2.53. The molecule has 2 rings (SSSR count).